The van der Waals surface area contributed by atoms with E-state index in [4.69, 9.17) is 11.6 Å². The number of hydrogen-bond donors (Lipinski definition) is 1. The average Bonchev–Trinajstić information content (AvgIpc) is 2.86. The second-order valence-corrected chi connectivity index (χ2v) is 5.64. The first-order valence-corrected chi connectivity index (χ1v) is 7.12. The average molecular weight is 281 g/mol. The summed E-state index contributed by atoms with van der Waals surface area (Å²) in [5.74, 6) is -0.175. The molecule has 2 atom stereocenters. The Morgan fingerprint density at radius 3 is 3.11 bits per heavy atom. The van der Waals surface area contributed by atoms with Gasteiger partial charge in [0, 0.05) is 18.6 Å². The third-order valence-corrected chi connectivity index (χ3v) is 4.18. The van der Waals surface area contributed by atoms with E-state index in [1.807, 2.05) is 0 Å². The molecular weight excluding hydrogens is 264 g/mol. The maximum Gasteiger partial charge on any atom is 0.271 e. The van der Waals surface area contributed by atoms with Gasteiger partial charge in [-0.2, -0.15) is 0 Å². The van der Waals surface area contributed by atoms with Gasteiger partial charge in [0.15, 0.2) is 0 Å². The van der Waals surface area contributed by atoms with Crippen LogP contribution in [0.5, 0.6) is 0 Å². The summed E-state index contributed by atoms with van der Waals surface area (Å²) in [5.41, 5.74) is 0.293. The highest BCUT2D eigenvalue weighted by Gasteiger charge is 2.32. The Balaban J connectivity index is 1.61. The van der Waals surface area contributed by atoms with Gasteiger partial charge in [0.25, 0.3) is 5.91 Å². The number of carbonyl (C=O) groups excluding carboxylic acids is 1. The van der Waals surface area contributed by atoms with Crippen molar-refractivity contribution in [1.82, 2.24) is 20.2 Å². The molecule has 2 aliphatic heterocycles. The Bertz CT molecular complexity index is 481. The van der Waals surface area contributed by atoms with Crippen LogP contribution in [0.15, 0.2) is 12.4 Å². The van der Waals surface area contributed by atoms with Crippen LogP contribution < -0.4 is 5.32 Å². The fraction of sp³-hybridized carbons (Fsp3) is 0.615. The van der Waals surface area contributed by atoms with Gasteiger partial charge >= 0.3 is 0 Å². The summed E-state index contributed by atoms with van der Waals surface area (Å²) >= 11 is 5.74. The van der Waals surface area contributed by atoms with E-state index in [1.165, 1.54) is 31.8 Å². The minimum absolute atomic E-state index is 0.175. The number of carbonyl (C=O) groups is 1. The Morgan fingerprint density at radius 1 is 1.37 bits per heavy atom. The van der Waals surface area contributed by atoms with Gasteiger partial charge in [-0.3, -0.25) is 9.78 Å². The molecule has 102 valence electrons. The third kappa shape index (κ3) is 2.87. The summed E-state index contributed by atoms with van der Waals surface area (Å²) in [6.07, 6.45) is 7.46. The molecule has 0 radical (unpaired) electrons. The first-order valence-electron chi connectivity index (χ1n) is 6.75. The summed E-state index contributed by atoms with van der Waals surface area (Å²) in [7, 11) is 0. The molecule has 0 aliphatic carbocycles. The molecule has 1 amide bonds. The summed E-state index contributed by atoms with van der Waals surface area (Å²) in [4.78, 5) is 22.5. The largest absolute Gasteiger partial charge is 0.348 e. The van der Waals surface area contributed by atoms with E-state index in [1.54, 1.807) is 0 Å². The number of nitrogens with zero attached hydrogens (tertiary/aromatic N) is 3. The van der Waals surface area contributed by atoms with Gasteiger partial charge in [-0.15, -0.1) is 0 Å². The van der Waals surface area contributed by atoms with Gasteiger partial charge < -0.3 is 10.2 Å². The molecule has 3 heterocycles. The highest BCUT2D eigenvalue weighted by atomic mass is 35.5. The van der Waals surface area contributed by atoms with E-state index >= 15 is 0 Å². The molecule has 1 N–H and O–H groups in total. The topological polar surface area (TPSA) is 58.1 Å². The van der Waals surface area contributed by atoms with Crippen molar-refractivity contribution in [2.24, 2.45) is 0 Å². The zero-order valence-corrected chi connectivity index (χ0v) is 11.4. The lowest BCUT2D eigenvalue weighted by Crippen LogP contribution is -2.47. The number of amides is 1. The first kappa shape index (κ1) is 12.8. The van der Waals surface area contributed by atoms with Gasteiger partial charge in [-0.1, -0.05) is 11.6 Å². The lowest BCUT2D eigenvalue weighted by molar-refractivity contribution is 0.0891. The summed E-state index contributed by atoms with van der Waals surface area (Å²) in [5, 5.41) is 3.30. The SMILES string of the molecule is O=C(NC1CCN2CCCC2C1)c1cncc(Cl)n1. The zero-order chi connectivity index (χ0) is 13.2. The number of fused-ring (bicyclic) bond motifs is 1. The predicted octanol–water partition coefficient (Wildman–Crippen LogP) is 1.49. The molecule has 19 heavy (non-hydrogen) atoms. The second kappa shape index (κ2) is 5.43. The van der Waals surface area contributed by atoms with Crippen LogP contribution in [0.3, 0.4) is 0 Å². The Kier molecular flexibility index (Phi) is 3.66. The molecule has 2 saturated heterocycles. The number of nitrogens with one attached hydrogen (secondary N) is 1. The number of halogens is 1. The van der Waals surface area contributed by atoms with Crippen LogP contribution in [0, 0.1) is 0 Å². The van der Waals surface area contributed by atoms with Gasteiger partial charge in [-0.05, 0) is 32.2 Å². The lowest BCUT2D eigenvalue weighted by Gasteiger charge is -2.35. The van der Waals surface area contributed by atoms with Gasteiger partial charge in [0.2, 0.25) is 0 Å². The van der Waals surface area contributed by atoms with E-state index in [2.05, 4.69) is 20.2 Å². The molecule has 2 unspecified atom stereocenters. The predicted molar refractivity (Wildman–Crippen MR) is 72.1 cm³/mol. The molecule has 0 spiro atoms. The van der Waals surface area contributed by atoms with Gasteiger partial charge in [0.1, 0.15) is 10.8 Å². The van der Waals surface area contributed by atoms with E-state index in [0.29, 0.717) is 11.7 Å². The lowest BCUT2D eigenvalue weighted by atomic mass is 9.97. The van der Waals surface area contributed by atoms with Crippen molar-refractivity contribution in [1.29, 1.82) is 0 Å². The molecule has 2 fully saturated rings. The molecule has 5 nitrogen and oxygen atoms in total. The number of hydrogen-bond acceptors (Lipinski definition) is 4. The second-order valence-electron chi connectivity index (χ2n) is 5.25. The Labute approximate surface area is 117 Å². The van der Waals surface area contributed by atoms with Gasteiger partial charge in [0.05, 0.1) is 12.4 Å². The van der Waals surface area contributed by atoms with Crippen LogP contribution >= 0.6 is 11.6 Å². The summed E-state index contributed by atoms with van der Waals surface area (Å²) in [6, 6.07) is 0.886. The molecule has 1 aromatic heterocycles. The van der Waals surface area contributed by atoms with E-state index in [0.717, 1.165) is 19.4 Å². The quantitative estimate of drug-likeness (QED) is 0.892. The molecule has 6 heteroatoms. The normalized spacial score (nSPS) is 27.0. The minimum Gasteiger partial charge on any atom is -0.348 e. The van der Waals surface area contributed by atoms with E-state index in [9.17, 15) is 4.79 Å². The fourth-order valence-electron chi connectivity index (χ4n) is 3.07. The van der Waals surface area contributed by atoms with Gasteiger partial charge in [-0.25, -0.2) is 4.98 Å². The van der Waals surface area contributed by atoms with Crippen molar-refractivity contribution in [2.45, 2.75) is 37.8 Å². The van der Waals surface area contributed by atoms with Crippen LogP contribution in [0.2, 0.25) is 5.15 Å². The molecule has 1 aromatic rings. The maximum atomic E-state index is 12.1. The summed E-state index contributed by atoms with van der Waals surface area (Å²) in [6.45, 7) is 2.29. The molecule has 3 rings (SSSR count). The first-order chi connectivity index (χ1) is 9.22. The minimum atomic E-state index is -0.175. The molecular formula is C13H17ClN4O. The van der Waals surface area contributed by atoms with Crippen molar-refractivity contribution in [3.8, 4) is 0 Å². The van der Waals surface area contributed by atoms with Crippen LogP contribution in [-0.2, 0) is 0 Å². The molecule has 0 bridgehead atoms. The standard InChI is InChI=1S/C13H17ClN4O/c14-12-8-15-7-11(17-12)13(19)16-9-3-5-18-4-1-2-10(18)6-9/h7-10H,1-6H2,(H,16,19). The van der Waals surface area contributed by atoms with Crippen LogP contribution in [0.4, 0.5) is 0 Å². The van der Waals surface area contributed by atoms with Crippen molar-refractivity contribution >= 4 is 17.5 Å². The van der Waals surface area contributed by atoms with Crippen molar-refractivity contribution in [2.75, 3.05) is 13.1 Å². The number of piperidine rings is 1. The number of aromatic nitrogens is 2. The fourth-order valence-corrected chi connectivity index (χ4v) is 3.21. The van der Waals surface area contributed by atoms with Crippen LogP contribution in [0.1, 0.15) is 36.2 Å². The maximum absolute atomic E-state index is 12.1. The molecule has 0 saturated carbocycles. The third-order valence-electron chi connectivity index (χ3n) is 3.99. The smallest absolute Gasteiger partial charge is 0.271 e. The molecule has 0 aromatic carbocycles. The Hall–Kier alpha value is -1.20. The molecule has 2 aliphatic rings. The van der Waals surface area contributed by atoms with Crippen molar-refractivity contribution in [3.63, 3.8) is 0 Å². The highest BCUT2D eigenvalue weighted by Crippen LogP contribution is 2.26. The zero-order valence-electron chi connectivity index (χ0n) is 10.7. The monoisotopic (exact) mass is 280 g/mol. The van der Waals surface area contributed by atoms with Crippen LogP contribution in [0.25, 0.3) is 0 Å². The van der Waals surface area contributed by atoms with Crippen molar-refractivity contribution < 1.29 is 4.79 Å². The highest BCUT2D eigenvalue weighted by molar-refractivity contribution is 6.29. The van der Waals surface area contributed by atoms with Crippen LogP contribution in [-0.4, -0.2) is 45.9 Å². The Morgan fingerprint density at radius 2 is 2.26 bits per heavy atom. The van der Waals surface area contributed by atoms with E-state index < -0.39 is 0 Å². The number of rotatable bonds is 2. The van der Waals surface area contributed by atoms with Crippen molar-refractivity contribution in [3.05, 3.63) is 23.2 Å². The van der Waals surface area contributed by atoms with E-state index in [-0.39, 0.29) is 17.1 Å². The summed E-state index contributed by atoms with van der Waals surface area (Å²) < 4.78 is 0.